The number of thiophene rings is 1. The number of rotatable bonds is 1. The minimum atomic E-state index is 0.495. The van der Waals surface area contributed by atoms with Crippen LogP contribution in [0.15, 0.2) is 53.9 Å². The molecule has 3 heteroatoms. The second-order valence-electron chi connectivity index (χ2n) is 6.17. The standard InChI is InChI=1S/C18H17NS.C2H7N/c1-19-11-15-4-2-3-5-16(15)17(12-19)13-6-7-18-14(10-13)8-9-20-18;1-3-2/h2-10,17H,11-12H2,1H3;3H,1-2H3. The summed E-state index contributed by atoms with van der Waals surface area (Å²) in [5, 5.41) is 6.30. The predicted octanol–water partition coefficient (Wildman–Crippen LogP) is 4.31. The Morgan fingerprint density at radius 1 is 1.09 bits per heavy atom. The Hall–Kier alpha value is -1.68. The highest BCUT2D eigenvalue weighted by atomic mass is 32.1. The zero-order valence-corrected chi connectivity index (χ0v) is 14.9. The van der Waals surface area contributed by atoms with Crippen molar-refractivity contribution in [3.05, 3.63) is 70.6 Å². The van der Waals surface area contributed by atoms with Gasteiger partial charge in [-0.05, 0) is 66.8 Å². The number of hydrogen-bond donors (Lipinski definition) is 1. The first-order valence-electron chi connectivity index (χ1n) is 8.05. The number of hydrogen-bond acceptors (Lipinski definition) is 3. The molecule has 4 rings (SSSR count). The Kier molecular flexibility index (Phi) is 5.11. The van der Waals surface area contributed by atoms with Crippen molar-refractivity contribution < 1.29 is 0 Å². The topological polar surface area (TPSA) is 15.3 Å². The molecule has 1 atom stereocenters. The van der Waals surface area contributed by atoms with E-state index in [0.29, 0.717) is 5.92 Å². The molecular formula is C20H24N2S. The molecule has 0 spiro atoms. The normalized spacial score (nSPS) is 17.4. The van der Waals surface area contributed by atoms with Gasteiger partial charge in [-0.2, -0.15) is 0 Å². The third-order valence-corrected chi connectivity index (χ3v) is 5.14. The van der Waals surface area contributed by atoms with E-state index in [9.17, 15) is 0 Å². The minimum absolute atomic E-state index is 0.495. The molecular weight excluding hydrogens is 300 g/mol. The predicted molar refractivity (Wildman–Crippen MR) is 101 cm³/mol. The molecule has 1 N–H and O–H groups in total. The lowest BCUT2D eigenvalue weighted by atomic mass is 9.84. The van der Waals surface area contributed by atoms with Crippen LogP contribution in [0.2, 0.25) is 0 Å². The fourth-order valence-electron chi connectivity index (χ4n) is 3.27. The van der Waals surface area contributed by atoms with Crippen molar-refractivity contribution in [1.29, 1.82) is 0 Å². The average Bonchev–Trinajstić information content (AvgIpc) is 3.02. The van der Waals surface area contributed by atoms with Crippen LogP contribution in [0.25, 0.3) is 10.1 Å². The molecule has 0 amide bonds. The molecule has 1 aromatic heterocycles. The maximum Gasteiger partial charge on any atom is 0.0342 e. The van der Waals surface area contributed by atoms with E-state index in [-0.39, 0.29) is 0 Å². The fourth-order valence-corrected chi connectivity index (χ4v) is 4.04. The number of nitrogens with one attached hydrogen (secondary N) is 1. The molecule has 3 aromatic rings. The van der Waals surface area contributed by atoms with E-state index in [1.54, 1.807) is 0 Å². The van der Waals surface area contributed by atoms with Crippen molar-refractivity contribution in [2.24, 2.45) is 0 Å². The van der Waals surface area contributed by atoms with Gasteiger partial charge in [0, 0.05) is 23.7 Å². The van der Waals surface area contributed by atoms with Gasteiger partial charge in [-0.25, -0.2) is 0 Å². The molecule has 1 aliphatic heterocycles. The highest BCUT2D eigenvalue weighted by Gasteiger charge is 2.24. The van der Waals surface area contributed by atoms with Crippen molar-refractivity contribution >= 4 is 21.4 Å². The van der Waals surface area contributed by atoms with E-state index in [1.165, 1.54) is 26.8 Å². The molecule has 1 aliphatic rings. The monoisotopic (exact) mass is 324 g/mol. The summed E-state index contributed by atoms with van der Waals surface area (Å²) in [6.45, 7) is 2.17. The molecule has 0 saturated carbocycles. The van der Waals surface area contributed by atoms with Gasteiger partial charge in [-0.15, -0.1) is 11.3 Å². The summed E-state index contributed by atoms with van der Waals surface area (Å²) in [6, 6.07) is 18.0. The third-order valence-electron chi connectivity index (χ3n) is 4.24. The zero-order chi connectivity index (χ0) is 16.2. The average molecular weight is 324 g/mol. The van der Waals surface area contributed by atoms with Crippen molar-refractivity contribution in [3.63, 3.8) is 0 Å². The molecule has 23 heavy (non-hydrogen) atoms. The molecule has 120 valence electrons. The van der Waals surface area contributed by atoms with Gasteiger partial charge in [-0.1, -0.05) is 30.3 Å². The lowest BCUT2D eigenvalue weighted by Crippen LogP contribution is -2.30. The van der Waals surface area contributed by atoms with Crippen molar-refractivity contribution in [1.82, 2.24) is 10.2 Å². The summed E-state index contributed by atoms with van der Waals surface area (Å²) in [5.41, 5.74) is 4.41. The number of nitrogens with zero attached hydrogens (tertiary/aromatic N) is 1. The van der Waals surface area contributed by atoms with Crippen molar-refractivity contribution in [2.75, 3.05) is 27.7 Å². The summed E-state index contributed by atoms with van der Waals surface area (Å²) in [7, 11) is 5.96. The maximum absolute atomic E-state index is 2.75. The fraction of sp³-hybridized carbons (Fsp3) is 0.300. The maximum atomic E-state index is 2.75. The largest absolute Gasteiger partial charge is 0.323 e. The second kappa shape index (κ2) is 7.26. The third kappa shape index (κ3) is 3.47. The Balaban J connectivity index is 0.000000485. The van der Waals surface area contributed by atoms with Crippen LogP contribution in [-0.4, -0.2) is 32.6 Å². The first-order valence-corrected chi connectivity index (χ1v) is 8.93. The molecule has 0 fully saturated rings. The first kappa shape index (κ1) is 16.2. The van der Waals surface area contributed by atoms with Crippen LogP contribution in [0, 0.1) is 0 Å². The quantitative estimate of drug-likeness (QED) is 0.717. The van der Waals surface area contributed by atoms with Gasteiger partial charge in [0.2, 0.25) is 0 Å². The van der Waals surface area contributed by atoms with E-state index < -0.39 is 0 Å². The van der Waals surface area contributed by atoms with Crippen LogP contribution >= 0.6 is 11.3 Å². The van der Waals surface area contributed by atoms with E-state index in [0.717, 1.165) is 13.1 Å². The highest BCUT2D eigenvalue weighted by molar-refractivity contribution is 7.17. The Bertz CT molecular complexity index is 778. The lowest BCUT2D eigenvalue weighted by molar-refractivity contribution is 0.295. The van der Waals surface area contributed by atoms with Gasteiger partial charge in [0.15, 0.2) is 0 Å². The molecule has 0 aliphatic carbocycles. The van der Waals surface area contributed by atoms with Crippen LogP contribution in [-0.2, 0) is 6.54 Å². The van der Waals surface area contributed by atoms with Crippen molar-refractivity contribution in [2.45, 2.75) is 12.5 Å². The van der Waals surface area contributed by atoms with Crippen LogP contribution < -0.4 is 5.32 Å². The van der Waals surface area contributed by atoms with Crippen LogP contribution in [0.3, 0.4) is 0 Å². The molecule has 2 aromatic carbocycles. The second-order valence-corrected chi connectivity index (χ2v) is 7.11. The number of likely N-dealkylation sites (N-methyl/N-ethyl adjacent to an activating group) is 1. The van der Waals surface area contributed by atoms with Gasteiger partial charge >= 0.3 is 0 Å². The van der Waals surface area contributed by atoms with Gasteiger partial charge in [0.05, 0.1) is 0 Å². The van der Waals surface area contributed by atoms with E-state index >= 15 is 0 Å². The summed E-state index contributed by atoms with van der Waals surface area (Å²) >= 11 is 1.82. The Morgan fingerprint density at radius 3 is 2.70 bits per heavy atom. The summed E-state index contributed by atoms with van der Waals surface area (Å²) in [5.74, 6) is 0.495. The lowest BCUT2D eigenvalue weighted by Gasteiger charge is -2.32. The highest BCUT2D eigenvalue weighted by Crippen LogP contribution is 2.34. The molecule has 0 saturated heterocycles. The van der Waals surface area contributed by atoms with Crippen molar-refractivity contribution in [3.8, 4) is 0 Å². The van der Waals surface area contributed by atoms with E-state index in [2.05, 4.69) is 71.2 Å². The number of benzene rings is 2. The van der Waals surface area contributed by atoms with Gasteiger partial charge in [0.25, 0.3) is 0 Å². The Labute approximate surface area is 142 Å². The smallest absolute Gasteiger partial charge is 0.0342 e. The molecule has 0 radical (unpaired) electrons. The molecule has 0 bridgehead atoms. The van der Waals surface area contributed by atoms with Gasteiger partial charge in [-0.3, -0.25) is 0 Å². The van der Waals surface area contributed by atoms with Crippen LogP contribution in [0.1, 0.15) is 22.6 Å². The van der Waals surface area contributed by atoms with E-state index in [4.69, 9.17) is 0 Å². The zero-order valence-electron chi connectivity index (χ0n) is 14.0. The minimum Gasteiger partial charge on any atom is -0.323 e. The summed E-state index contributed by atoms with van der Waals surface area (Å²) in [6.07, 6.45) is 0. The molecule has 1 unspecified atom stereocenters. The molecule has 2 heterocycles. The Morgan fingerprint density at radius 2 is 1.87 bits per heavy atom. The van der Waals surface area contributed by atoms with Crippen LogP contribution in [0.4, 0.5) is 0 Å². The molecule has 2 nitrogen and oxygen atoms in total. The van der Waals surface area contributed by atoms with Gasteiger partial charge in [0.1, 0.15) is 0 Å². The number of fused-ring (bicyclic) bond motifs is 2. The summed E-state index contributed by atoms with van der Waals surface area (Å²) in [4.78, 5) is 2.42. The van der Waals surface area contributed by atoms with Gasteiger partial charge < -0.3 is 10.2 Å². The van der Waals surface area contributed by atoms with Crippen LogP contribution in [0.5, 0.6) is 0 Å². The first-order chi connectivity index (χ1) is 11.2. The SMILES string of the molecule is CN1Cc2ccccc2C(c2ccc3sccc3c2)C1.CNC. The summed E-state index contributed by atoms with van der Waals surface area (Å²) < 4.78 is 1.38. The van der Waals surface area contributed by atoms with E-state index in [1.807, 2.05) is 25.4 Å².